The van der Waals surface area contributed by atoms with Crippen LogP contribution in [0.2, 0.25) is 0 Å². The number of hydrogen-bond acceptors (Lipinski definition) is 5. The van der Waals surface area contributed by atoms with Crippen LogP contribution in [0.5, 0.6) is 0 Å². The van der Waals surface area contributed by atoms with E-state index in [1.165, 1.54) is 0 Å². The summed E-state index contributed by atoms with van der Waals surface area (Å²) in [5.41, 5.74) is 7.53. The molecule has 0 radical (unpaired) electrons. The molecule has 1 saturated heterocycles. The summed E-state index contributed by atoms with van der Waals surface area (Å²) >= 11 is 0. The van der Waals surface area contributed by atoms with Crippen molar-refractivity contribution in [1.29, 1.82) is 0 Å². The molecule has 1 aliphatic rings. The van der Waals surface area contributed by atoms with Gasteiger partial charge in [0, 0.05) is 25.1 Å². The molecular formula is C14H16N4O2. The van der Waals surface area contributed by atoms with Crippen molar-refractivity contribution in [2.75, 3.05) is 6.54 Å². The van der Waals surface area contributed by atoms with Crippen LogP contribution in [0.1, 0.15) is 30.2 Å². The number of piperidine rings is 1. The number of carbonyl (C=O) groups is 1. The van der Waals surface area contributed by atoms with E-state index < -0.39 is 0 Å². The molecule has 6 heteroatoms. The molecule has 3 N–H and O–H groups in total. The lowest BCUT2D eigenvalue weighted by molar-refractivity contribution is -0.122. The molecule has 0 aliphatic carbocycles. The van der Waals surface area contributed by atoms with Gasteiger partial charge in [0.1, 0.15) is 0 Å². The van der Waals surface area contributed by atoms with E-state index in [1.807, 2.05) is 24.3 Å². The maximum atomic E-state index is 11.1. The fourth-order valence-corrected chi connectivity index (χ4v) is 2.25. The molecule has 1 aromatic carbocycles. The van der Waals surface area contributed by atoms with Gasteiger partial charge in [0.15, 0.2) is 0 Å². The van der Waals surface area contributed by atoms with Crippen LogP contribution < -0.4 is 11.1 Å². The number of benzene rings is 1. The molecule has 20 heavy (non-hydrogen) atoms. The number of carbonyl (C=O) groups excluding carboxylic acids is 1. The van der Waals surface area contributed by atoms with Crippen molar-refractivity contribution in [3.8, 4) is 11.4 Å². The van der Waals surface area contributed by atoms with Gasteiger partial charge in [0.2, 0.25) is 17.6 Å². The third-order valence-corrected chi connectivity index (χ3v) is 3.50. The zero-order valence-corrected chi connectivity index (χ0v) is 11.0. The molecule has 1 aliphatic heterocycles. The van der Waals surface area contributed by atoms with Crippen molar-refractivity contribution >= 4 is 5.91 Å². The minimum Gasteiger partial charge on any atom is -0.355 e. The highest BCUT2D eigenvalue weighted by Gasteiger charge is 2.24. The topological polar surface area (TPSA) is 94.0 Å². The van der Waals surface area contributed by atoms with Gasteiger partial charge in [-0.05, 0) is 12.0 Å². The van der Waals surface area contributed by atoms with E-state index in [4.69, 9.17) is 10.3 Å². The van der Waals surface area contributed by atoms with Crippen molar-refractivity contribution in [3.63, 3.8) is 0 Å². The number of nitrogens with one attached hydrogen (secondary N) is 1. The Kier molecular flexibility index (Phi) is 3.47. The lowest BCUT2D eigenvalue weighted by Gasteiger charge is -2.18. The molecule has 1 atom stereocenters. The highest BCUT2D eigenvalue weighted by molar-refractivity contribution is 5.76. The third-order valence-electron chi connectivity index (χ3n) is 3.50. The quantitative estimate of drug-likeness (QED) is 0.875. The second-order valence-electron chi connectivity index (χ2n) is 4.90. The van der Waals surface area contributed by atoms with Gasteiger partial charge in [-0.25, -0.2) is 0 Å². The van der Waals surface area contributed by atoms with E-state index in [0.717, 1.165) is 17.5 Å². The van der Waals surface area contributed by atoms with Crippen LogP contribution >= 0.6 is 0 Å². The van der Waals surface area contributed by atoms with Crippen molar-refractivity contribution in [2.24, 2.45) is 5.73 Å². The number of rotatable bonds is 3. The van der Waals surface area contributed by atoms with Crippen LogP contribution in [0, 0.1) is 0 Å². The summed E-state index contributed by atoms with van der Waals surface area (Å²) < 4.78 is 5.31. The Hall–Kier alpha value is -2.21. The van der Waals surface area contributed by atoms with E-state index in [1.54, 1.807) is 0 Å². The number of nitrogens with two attached hydrogens (primary N) is 1. The fourth-order valence-electron chi connectivity index (χ4n) is 2.25. The Morgan fingerprint density at radius 1 is 1.35 bits per heavy atom. The predicted molar refractivity (Wildman–Crippen MR) is 72.6 cm³/mol. The Morgan fingerprint density at radius 2 is 2.15 bits per heavy atom. The molecular weight excluding hydrogens is 256 g/mol. The Morgan fingerprint density at radius 3 is 2.80 bits per heavy atom. The van der Waals surface area contributed by atoms with Crippen molar-refractivity contribution < 1.29 is 9.32 Å². The second kappa shape index (κ2) is 5.42. The fraction of sp³-hybridized carbons (Fsp3) is 0.357. The molecule has 0 bridgehead atoms. The van der Waals surface area contributed by atoms with Gasteiger partial charge in [-0.15, -0.1) is 0 Å². The lowest BCUT2D eigenvalue weighted by atomic mass is 9.99. The highest BCUT2D eigenvalue weighted by atomic mass is 16.5. The van der Waals surface area contributed by atoms with E-state index in [0.29, 0.717) is 31.2 Å². The molecule has 104 valence electrons. The van der Waals surface area contributed by atoms with Gasteiger partial charge in [-0.1, -0.05) is 29.4 Å². The smallest absolute Gasteiger partial charge is 0.231 e. The maximum absolute atomic E-state index is 11.1. The summed E-state index contributed by atoms with van der Waals surface area (Å²) in [5.74, 6) is 1.35. The van der Waals surface area contributed by atoms with Gasteiger partial charge in [0.05, 0.1) is 5.92 Å². The first-order valence-corrected chi connectivity index (χ1v) is 6.66. The summed E-state index contributed by atoms with van der Waals surface area (Å²) in [7, 11) is 0. The number of hydrogen-bond donors (Lipinski definition) is 2. The van der Waals surface area contributed by atoms with Crippen molar-refractivity contribution in [1.82, 2.24) is 15.5 Å². The van der Waals surface area contributed by atoms with Gasteiger partial charge >= 0.3 is 0 Å². The number of aromatic nitrogens is 2. The summed E-state index contributed by atoms with van der Waals surface area (Å²) in [6.45, 7) is 1.08. The lowest BCUT2D eigenvalue weighted by Crippen LogP contribution is -2.33. The molecule has 2 aromatic rings. The van der Waals surface area contributed by atoms with Crippen molar-refractivity contribution in [3.05, 3.63) is 35.7 Å². The monoisotopic (exact) mass is 272 g/mol. The normalized spacial score (nSPS) is 18.9. The van der Waals surface area contributed by atoms with Gasteiger partial charge < -0.3 is 15.6 Å². The molecule has 0 saturated carbocycles. The van der Waals surface area contributed by atoms with E-state index >= 15 is 0 Å². The molecule has 6 nitrogen and oxygen atoms in total. The molecule has 3 rings (SSSR count). The summed E-state index contributed by atoms with van der Waals surface area (Å²) in [4.78, 5) is 15.6. The average Bonchev–Trinajstić information content (AvgIpc) is 2.98. The summed E-state index contributed by atoms with van der Waals surface area (Å²) in [5, 5.41) is 6.82. The van der Waals surface area contributed by atoms with Gasteiger partial charge in [0.25, 0.3) is 0 Å². The molecule has 2 heterocycles. The molecule has 0 spiro atoms. The zero-order chi connectivity index (χ0) is 13.9. The van der Waals surface area contributed by atoms with Crippen molar-refractivity contribution in [2.45, 2.75) is 25.3 Å². The van der Waals surface area contributed by atoms with Crippen LogP contribution in [0.3, 0.4) is 0 Å². The first kappa shape index (κ1) is 12.8. The SMILES string of the molecule is NCc1ccc(-c2noc(C3CCC(=O)NC3)n2)cc1. The highest BCUT2D eigenvalue weighted by Crippen LogP contribution is 2.24. The van der Waals surface area contributed by atoms with Gasteiger partial charge in [-0.3, -0.25) is 4.79 Å². The first-order chi connectivity index (χ1) is 9.76. The average molecular weight is 272 g/mol. The second-order valence-corrected chi connectivity index (χ2v) is 4.90. The molecule has 1 amide bonds. The minimum absolute atomic E-state index is 0.0818. The third kappa shape index (κ3) is 2.55. The Labute approximate surface area is 116 Å². The number of nitrogens with zero attached hydrogens (tertiary/aromatic N) is 2. The van der Waals surface area contributed by atoms with Crippen LogP contribution in [0.15, 0.2) is 28.8 Å². The van der Waals surface area contributed by atoms with E-state index in [2.05, 4.69) is 15.5 Å². The molecule has 1 aromatic heterocycles. The molecule has 1 fully saturated rings. The Bertz CT molecular complexity index is 596. The van der Waals surface area contributed by atoms with Crippen LogP contribution in [-0.4, -0.2) is 22.6 Å². The predicted octanol–water partition coefficient (Wildman–Crippen LogP) is 1.19. The zero-order valence-electron chi connectivity index (χ0n) is 11.0. The van der Waals surface area contributed by atoms with Crippen LogP contribution in [-0.2, 0) is 11.3 Å². The maximum Gasteiger partial charge on any atom is 0.231 e. The van der Waals surface area contributed by atoms with E-state index in [-0.39, 0.29) is 11.8 Å². The minimum atomic E-state index is 0.0818. The summed E-state index contributed by atoms with van der Waals surface area (Å²) in [6, 6.07) is 7.76. The van der Waals surface area contributed by atoms with Crippen LogP contribution in [0.4, 0.5) is 0 Å². The van der Waals surface area contributed by atoms with Gasteiger partial charge in [-0.2, -0.15) is 4.98 Å². The summed E-state index contributed by atoms with van der Waals surface area (Å²) in [6.07, 6.45) is 1.26. The van der Waals surface area contributed by atoms with E-state index in [9.17, 15) is 4.79 Å². The van der Waals surface area contributed by atoms with Crippen LogP contribution in [0.25, 0.3) is 11.4 Å². The largest absolute Gasteiger partial charge is 0.355 e. The molecule has 1 unspecified atom stereocenters. The number of amides is 1. The first-order valence-electron chi connectivity index (χ1n) is 6.66. The Balaban J connectivity index is 1.77. The standard InChI is InChI=1S/C14H16N4O2/c15-7-9-1-3-10(4-2-9)13-17-14(20-18-13)11-5-6-12(19)16-8-11/h1-4,11H,5-8,15H2,(H,16,19).